The molecule has 59 heavy (non-hydrogen) atoms. The summed E-state index contributed by atoms with van der Waals surface area (Å²) in [5.74, 6) is -0.602. The van der Waals surface area contributed by atoms with Crippen molar-refractivity contribution >= 4 is 5.91 Å². The van der Waals surface area contributed by atoms with Crippen LogP contribution in [-0.4, -0.2) is 57.3 Å². The molecule has 0 saturated heterocycles. The SMILES string of the molecule is CC/C=C/CC/C=C/CC/C=C/CCCC(O)C(O)C(CO)NC(=O)C(O)CCCCCCCCCCCCCCCC/C=C\C/C=C\CCCCCCCCCCC. The Morgan fingerprint density at radius 3 is 1.25 bits per heavy atom. The number of aliphatic hydroxyl groups is 4. The Morgan fingerprint density at radius 2 is 0.814 bits per heavy atom. The lowest BCUT2D eigenvalue weighted by Gasteiger charge is -2.27. The van der Waals surface area contributed by atoms with Gasteiger partial charge < -0.3 is 25.7 Å². The molecule has 0 bridgehead atoms. The van der Waals surface area contributed by atoms with Crippen LogP contribution in [0.1, 0.15) is 239 Å². The lowest BCUT2D eigenvalue weighted by Crippen LogP contribution is -2.53. The highest BCUT2D eigenvalue weighted by molar-refractivity contribution is 5.80. The molecule has 4 unspecified atom stereocenters. The molecule has 344 valence electrons. The number of aliphatic hydroxyl groups excluding tert-OH is 4. The molecular formula is C53H97NO5. The van der Waals surface area contributed by atoms with Gasteiger partial charge >= 0.3 is 0 Å². The van der Waals surface area contributed by atoms with Crippen LogP contribution in [0, 0.1) is 0 Å². The third-order valence-electron chi connectivity index (χ3n) is 11.4. The van der Waals surface area contributed by atoms with Crippen molar-refractivity contribution in [2.45, 2.75) is 263 Å². The minimum Gasteiger partial charge on any atom is -0.394 e. The Labute approximate surface area is 365 Å². The van der Waals surface area contributed by atoms with Gasteiger partial charge in [-0.3, -0.25) is 4.79 Å². The van der Waals surface area contributed by atoms with Crippen LogP contribution in [0.4, 0.5) is 0 Å². The molecule has 0 aliphatic carbocycles. The van der Waals surface area contributed by atoms with E-state index in [4.69, 9.17) is 0 Å². The maximum absolute atomic E-state index is 12.5. The molecule has 0 aliphatic rings. The molecule has 0 rings (SSSR count). The Kier molecular flexibility index (Phi) is 45.5. The average molecular weight is 828 g/mol. The van der Waals surface area contributed by atoms with E-state index in [0.29, 0.717) is 19.3 Å². The Morgan fingerprint density at radius 1 is 0.441 bits per heavy atom. The summed E-state index contributed by atoms with van der Waals surface area (Å²) in [7, 11) is 0. The van der Waals surface area contributed by atoms with Crippen LogP contribution >= 0.6 is 0 Å². The number of allylic oxidation sites excluding steroid dienone is 10. The Bertz CT molecular complexity index is 1020. The standard InChI is InChI=1S/C53H97NO5/c1-3-5-7-9-11-13-15-17-18-19-20-21-22-23-24-25-26-27-28-29-30-31-32-33-35-37-39-41-43-45-47-51(57)53(59)54-49(48-55)52(58)50(56)46-44-42-40-38-36-34-16-14-12-10-8-6-4-2/h6,8,14,16,20-21,23-24,38,40,49-52,55-58H,3-5,7,9-13,15,17-19,22,25-37,39,41-48H2,1-2H3,(H,54,59)/b8-6+,16-14+,21-20-,24-23-,40-38+. The van der Waals surface area contributed by atoms with Crippen molar-refractivity contribution in [3.63, 3.8) is 0 Å². The largest absolute Gasteiger partial charge is 0.394 e. The van der Waals surface area contributed by atoms with E-state index in [1.165, 1.54) is 141 Å². The molecule has 0 radical (unpaired) electrons. The zero-order chi connectivity index (χ0) is 43.1. The van der Waals surface area contributed by atoms with Crippen LogP contribution < -0.4 is 5.32 Å². The van der Waals surface area contributed by atoms with Gasteiger partial charge in [-0.1, -0.05) is 209 Å². The summed E-state index contributed by atoms with van der Waals surface area (Å²) in [6.07, 6.45) is 60.0. The highest BCUT2D eigenvalue weighted by Gasteiger charge is 2.28. The van der Waals surface area contributed by atoms with Gasteiger partial charge in [0.2, 0.25) is 5.91 Å². The molecule has 4 atom stereocenters. The number of hydrogen-bond acceptors (Lipinski definition) is 5. The third-order valence-corrected chi connectivity index (χ3v) is 11.4. The quantitative estimate of drug-likeness (QED) is 0.0310. The molecule has 5 N–H and O–H groups in total. The van der Waals surface area contributed by atoms with E-state index in [2.05, 4.69) is 79.9 Å². The van der Waals surface area contributed by atoms with Gasteiger partial charge in [-0.15, -0.1) is 0 Å². The predicted octanol–water partition coefficient (Wildman–Crippen LogP) is 14.0. The van der Waals surface area contributed by atoms with Crippen molar-refractivity contribution in [1.29, 1.82) is 0 Å². The smallest absolute Gasteiger partial charge is 0.249 e. The third kappa shape index (κ3) is 41.2. The van der Waals surface area contributed by atoms with Crippen molar-refractivity contribution in [1.82, 2.24) is 5.32 Å². The summed E-state index contributed by atoms with van der Waals surface area (Å²) in [5, 5.41) is 43.7. The number of nitrogens with one attached hydrogen (secondary N) is 1. The van der Waals surface area contributed by atoms with Crippen LogP contribution in [0.2, 0.25) is 0 Å². The van der Waals surface area contributed by atoms with Gasteiger partial charge in [-0.25, -0.2) is 0 Å². The number of amides is 1. The molecule has 6 nitrogen and oxygen atoms in total. The minimum absolute atomic E-state index is 0.356. The molecule has 0 fully saturated rings. The topological polar surface area (TPSA) is 110 Å². The molecule has 1 amide bonds. The molecule has 0 spiro atoms. The molecule has 0 aromatic heterocycles. The monoisotopic (exact) mass is 828 g/mol. The second kappa shape index (κ2) is 47.1. The van der Waals surface area contributed by atoms with Crippen LogP contribution in [-0.2, 0) is 4.79 Å². The van der Waals surface area contributed by atoms with Crippen molar-refractivity contribution in [3.8, 4) is 0 Å². The summed E-state index contributed by atoms with van der Waals surface area (Å²) in [6.45, 7) is 3.92. The second-order valence-electron chi connectivity index (χ2n) is 17.1. The first-order valence-electron chi connectivity index (χ1n) is 25.2. The molecule has 0 heterocycles. The van der Waals surface area contributed by atoms with Gasteiger partial charge in [-0.2, -0.15) is 0 Å². The summed E-state index contributed by atoms with van der Waals surface area (Å²) in [6, 6.07) is -1.01. The lowest BCUT2D eigenvalue weighted by atomic mass is 10.00. The summed E-state index contributed by atoms with van der Waals surface area (Å²) >= 11 is 0. The first kappa shape index (κ1) is 57.0. The van der Waals surface area contributed by atoms with Crippen LogP contribution in [0.5, 0.6) is 0 Å². The molecular weight excluding hydrogens is 731 g/mol. The maximum atomic E-state index is 12.5. The molecule has 6 heteroatoms. The first-order valence-corrected chi connectivity index (χ1v) is 25.2. The number of hydrogen-bond donors (Lipinski definition) is 5. The van der Waals surface area contributed by atoms with Crippen LogP contribution in [0.25, 0.3) is 0 Å². The van der Waals surface area contributed by atoms with Crippen molar-refractivity contribution in [2.24, 2.45) is 0 Å². The predicted molar refractivity (Wildman–Crippen MR) is 256 cm³/mol. The zero-order valence-corrected chi connectivity index (χ0v) is 38.7. The Hall–Kier alpha value is -1.99. The number of carbonyl (C=O) groups is 1. The maximum Gasteiger partial charge on any atom is 0.249 e. The van der Waals surface area contributed by atoms with E-state index in [-0.39, 0.29) is 0 Å². The summed E-state index contributed by atoms with van der Waals surface area (Å²) in [5.41, 5.74) is 0. The fourth-order valence-electron chi connectivity index (χ4n) is 7.47. The van der Waals surface area contributed by atoms with Crippen LogP contribution in [0.15, 0.2) is 60.8 Å². The zero-order valence-electron chi connectivity index (χ0n) is 38.7. The molecule has 0 saturated carbocycles. The van der Waals surface area contributed by atoms with Crippen molar-refractivity contribution in [2.75, 3.05) is 6.61 Å². The highest BCUT2D eigenvalue weighted by Crippen LogP contribution is 2.16. The van der Waals surface area contributed by atoms with Gasteiger partial charge in [0.1, 0.15) is 12.2 Å². The van der Waals surface area contributed by atoms with E-state index < -0.39 is 36.9 Å². The Balaban J connectivity index is 3.66. The number of carbonyl (C=O) groups excluding carboxylic acids is 1. The summed E-state index contributed by atoms with van der Waals surface area (Å²) < 4.78 is 0. The molecule has 0 aliphatic heterocycles. The first-order chi connectivity index (χ1) is 29.0. The van der Waals surface area contributed by atoms with E-state index in [0.717, 1.165) is 64.2 Å². The fraction of sp³-hybridized carbons (Fsp3) is 0.792. The van der Waals surface area contributed by atoms with Gasteiger partial charge in [-0.05, 0) is 89.9 Å². The second-order valence-corrected chi connectivity index (χ2v) is 17.1. The van der Waals surface area contributed by atoms with Crippen LogP contribution in [0.3, 0.4) is 0 Å². The number of unbranched alkanes of at least 4 members (excludes halogenated alkanes) is 26. The summed E-state index contributed by atoms with van der Waals surface area (Å²) in [4.78, 5) is 12.5. The van der Waals surface area contributed by atoms with Gasteiger partial charge in [0.15, 0.2) is 0 Å². The molecule has 0 aromatic carbocycles. The number of rotatable bonds is 45. The normalized spacial score (nSPS) is 14.5. The molecule has 0 aromatic rings. The van der Waals surface area contributed by atoms with Crippen molar-refractivity contribution in [3.05, 3.63) is 60.8 Å². The van der Waals surface area contributed by atoms with E-state index in [9.17, 15) is 25.2 Å². The van der Waals surface area contributed by atoms with E-state index in [1.807, 2.05) is 0 Å². The van der Waals surface area contributed by atoms with Gasteiger partial charge in [0.25, 0.3) is 0 Å². The fourth-order valence-corrected chi connectivity index (χ4v) is 7.47. The minimum atomic E-state index is -1.29. The van der Waals surface area contributed by atoms with Crippen molar-refractivity contribution < 1.29 is 25.2 Å². The van der Waals surface area contributed by atoms with E-state index >= 15 is 0 Å². The lowest BCUT2D eigenvalue weighted by molar-refractivity contribution is -0.132. The van der Waals surface area contributed by atoms with Gasteiger partial charge in [0.05, 0.1) is 18.8 Å². The van der Waals surface area contributed by atoms with Gasteiger partial charge in [0, 0.05) is 0 Å². The highest BCUT2D eigenvalue weighted by atomic mass is 16.3. The van der Waals surface area contributed by atoms with E-state index in [1.54, 1.807) is 0 Å². The average Bonchev–Trinajstić information content (AvgIpc) is 3.24.